The zero-order valence-electron chi connectivity index (χ0n) is 17.1. The molecular weight excluding hydrogens is 409 g/mol. The number of carbonyl (C=O) groups excluding carboxylic acids is 1. The van der Waals surface area contributed by atoms with Gasteiger partial charge in [0.25, 0.3) is 0 Å². The van der Waals surface area contributed by atoms with Gasteiger partial charge < -0.3 is 15.5 Å². The molecule has 1 fully saturated rings. The Hall–Kier alpha value is -2.42. The van der Waals surface area contributed by atoms with Gasteiger partial charge in [-0.3, -0.25) is 9.69 Å². The van der Waals surface area contributed by atoms with Gasteiger partial charge in [-0.1, -0.05) is 60.7 Å². The number of hydrogen-bond donors (Lipinski definition) is 3. The van der Waals surface area contributed by atoms with Crippen molar-refractivity contribution in [3.63, 3.8) is 0 Å². The number of aliphatic hydroxyl groups excluding tert-OH is 2. The van der Waals surface area contributed by atoms with E-state index in [0.717, 1.165) is 11.1 Å². The smallest absolute Gasteiger partial charge is 0.394 e. The minimum absolute atomic E-state index is 0.0835. The van der Waals surface area contributed by atoms with Crippen LogP contribution in [0.2, 0.25) is 0 Å². The van der Waals surface area contributed by atoms with Gasteiger partial charge in [-0.25, -0.2) is 0 Å². The van der Waals surface area contributed by atoms with Crippen molar-refractivity contribution >= 4 is 5.91 Å². The van der Waals surface area contributed by atoms with Crippen molar-refractivity contribution in [3.05, 3.63) is 71.8 Å². The molecule has 0 saturated heterocycles. The number of halogens is 3. The highest BCUT2D eigenvalue weighted by Crippen LogP contribution is 2.41. The van der Waals surface area contributed by atoms with Crippen LogP contribution >= 0.6 is 0 Å². The summed E-state index contributed by atoms with van der Waals surface area (Å²) in [7, 11) is 0. The molecule has 168 valence electrons. The molecule has 1 atom stereocenters. The fraction of sp³-hybridized carbons (Fsp3) is 0.435. The summed E-state index contributed by atoms with van der Waals surface area (Å²) in [5.41, 5.74) is 0.946. The average molecular weight is 436 g/mol. The van der Waals surface area contributed by atoms with Gasteiger partial charge >= 0.3 is 12.1 Å². The quantitative estimate of drug-likeness (QED) is 0.565. The Balaban J connectivity index is 1.77. The molecule has 0 radical (unpaired) electrons. The first-order valence-corrected chi connectivity index (χ1v) is 10.2. The molecule has 1 aliphatic rings. The third kappa shape index (κ3) is 6.29. The maximum atomic E-state index is 12.9. The van der Waals surface area contributed by atoms with Gasteiger partial charge in [0, 0.05) is 24.7 Å². The molecule has 8 heteroatoms. The molecular formula is C23H27F3N2O3. The van der Waals surface area contributed by atoms with Gasteiger partial charge in [0.1, 0.15) is 0 Å². The van der Waals surface area contributed by atoms with Crippen molar-refractivity contribution in [1.82, 2.24) is 10.2 Å². The lowest BCUT2D eigenvalue weighted by atomic mass is 9.68. The zero-order valence-corrected chi connectivity index (χ0v) is 17.1. The Labute approximate surface area is 179 Å². The number of amides is 1. The number of aliphatic hydroxyl groups is 2. The van der Waals surface area contributed by atoms with E-state index in [4.69, 9.17) is 0 Å². The zero-order chi connectivity index (χ0) is 22.5. The highest BCUT2D eigenvalue weighted by Gasteiger charge is 2.52. The van der Waals surface area contributed by atoms with Gasteiger partial charge in [-0.15, -0.1) is 0 Å². The van der Waals surface area contributed by atoms with Gasteiger partial charge in [-0.2, -0.15) is 13.2 Å². The summed E-state index contributed by atoms with van der Waals surface area (Å²) in [5, 5.41) is 21.1. The lowest BCUT2D eigenvalue weighted by Crippen LogP contribution is -2.66. The minimum Gasteiger partial charge on any atom is -0.394 e. The summed E-state index contributed by atoms with van der Waals surface area (Å²) in [6.07, 6.45) is -5.83. The molecule has 0 aromatic heterocycles. The molecule has 2 aromatic rings. The molecule has 31 heavy (non-hydrogen) atoms. The second kappa shape index (κ2) is 9.80. The first-order valence-electron chi connectivity index (χ1n) is 10.2. The van der Waals surface area contributed by atoms with Crippen molar-refractivity contribution in [3.8, 4) is 0 Å². The Bertz CT molecular complexity index is 799. The van der Waals surface area contributed by atoms with Crippen LogP contribution in [0.1, 0.15) is 30.4 Å². The van der Waals surface area contributed by atoms with Crippen LogP contribution in [-0.2, 0) is 17.9 Å². The normalized spacial score (nSPS) is 22.1. The van der Waals surface area contributed by atoms with Gasteiger partial charge in [0.2, 0.25) is 0 Å². The van der Waals surface area contributed by atoms with E-state index in [0.29, 0.717) is 13.1 Å². The topological polar surface area (TPSA) is 72.8 Å². The first kappa shape index (κ1) is 23.2. The van der Waals surface area contributed by atoms with Crippen LogP contribution in [0, 0.1) is 0 Å². The number of carbonyl (C=O) groups is 1. The lowest BCUT2D eigenvalue weighted by Gasteiger charge is -2.53. The van der Waals surface area contributed by atoms with E-state index in [1.165, 1.54) is 0 Å². The Morgan fingerprint density at radius 1 is 1.03 bits per heavy atom. The van der Waals surface area contributed by atoms with Crippen molar-refractivity contribution in [2.45, 2.75) is 56.2 Å². The van der Waals surface area contributed by atoms with Crippen molar-refractivity contribution in [2.24, 2.45) is 0 Å². The Morgan fingerprint density at radius 2 is 1.52 bits per heavy atom. The summed E-state index contributed by atoms with van der Waals surface area (Å²) in [6.45, 7) is 0.630. The van der Waals surface area contributed by atoms with Crippen LogP contribution in [0.3, 0.4) is 0 Å². The third-order valence-corrected chi connectivity index (χ3v) is 5.70. The average Bonchev–Trinajstić information content (AvgIpc) is 2.71. The van der Waals surface area contributed by atoms with Crippen molar-refractivity contribution < 1.29 is 28.2 Å². The lowest BCUT2D eigenvalue weighted by molar-refractivity contribution is -0.178. The molecule has 5 nitrogen and oxygen atoms in total. The molecule has 0 aliphatic heterocycles. The maximum absolute atomic E-state index is 12.9. The summed E-state index contributed by atoms with van der Waals surface area (Å²) < 4.78 is 38.6. The van der Waals surface area contributed by atoms with Gasteiger partial charge in [0.05, 0.1) is 12.7 Å². The highest BCUT2D eigenvalue weighted by molar-refractivity contribution is 5.82. The maximum Gasteiger partial charge on any atom is 0.471 e. The standard InChI is InChI=1S/C23H27F3N2O3/c24-23(25,26)21(31)27-22(13-20(30)16-29)11-19(12-22)28(14-17-7-3-1-4-8-17)15-18-9-5-2-6-10-18/h1-10,19-20,29-30H,11-16H2,(H,27,31). The number of benzene rings is 2. The van der Waals surface area contributed by atoms with Crippen LogP contribution in [0.4, 0.5) is 13.2 Å². The number of alkyl halides is 3. The highest BCUT2D eigenvalue weighted by atomic mass is 19.4. The van der Waals surface area contributed by atoms with Crippen LogP contribution in [0.5, 0.6) is 0 Å². The van der Waals surface area contributed by atoms with Gasteiger partial charge in [0.15, 0.2) is 0 Å². The molecule has 0 heterocycles. The first-order chi connectivity index (χ1) is 14.7. The van der Waals surface area contributed by atoms with E-state index in [-0.39, 0.29) is 25.3 Å². The van der Waals surface area contributed by atoms with Crippen LogP contribution in [0.15, 0.2) is 60.7 Å². The summed E-state index contributed by atoms with van der Waals surface area (Å²) in [6, 6.07) is 19.4. The van der Waals surface area contributed by atoms with Crippen LogP contribution in [0.25, 0.3) is 0 Å². The SMILES string of the molecule is O=C(NC1(CC(O)CO)CC(N(Cc2ccccc2)Cc2ccccc2)C1)C(F)(F)F. The second-order valence-electron chi connectivity index (χ2n) is 8.21. The number of nitrogens with one attached hydrogen (secondary N) is 1. The van der Waals surface area contributed by atoms with E-state index < -0.39 is 30.3 Å². The minimum atomic E-state index is -5.00. The summed E-state index contributed by atoms with van der Waals surface area (Å²) in [5.74, 6) is -2.02. The van der Waals surface area contributed by atoms with E-state index >= 15 is 0 Å². The third-order valence-electron chi connectivity index (χ3n) is 5.70. The predicted molar refractivity (Wildman–Crippen MR) is 110 cm³/mol. The Morgan fingerprint density at radius 3 is 1.94 bits per heavy atom. The number of rotatable bonds is 9. The molecule has 3 N–H and O–H groups in total. The largest absolute Gasteiger partial charge is 0.471 e. The van der Waals surface area contributed by atoms with Crippen molar-refractivity contribution in [2.75, 3.05) is 6.61 Å². The summed E-state index contributed by atoms with van der Waals surface area (Å²) >= 11 is 0. The monoisotopic (exact) mass is 436 g/mol. The molecule has 1 amide bonds. The molecule has 1 saturated carbocycles. The number of hydrogen-bond acceptors (Lipinski definition) is 4. The van der Waals surface area contributed by atoms with E-state index in [9.17, 15) is 28.2 Å². The number of nitrogens with zero attached hydrogens (tertiary/aromatic N) is 1. The Kier molecular flexibility index (Phi) is 7.35. The fourth-order valence-electron chi connectivity index (χ4n) is 4.20. The molecule has 0 bridgehead atoms. The molecule has 0 spiro atoms. The molecule has 2 aromatic carbocycles. The van der Waals surface area contributed by atoms with Crippen LogP contribution in [-0.4, -0.2) is 51.5 Å². The van der Waals surface area contributed by atoms with Crippen LogP contribution < -0.4 is 5.32 Å². The fourth-order valence-corrected chi connectivity index (χ4v) is 4.20. The molecule has 3 rings (SSSR count). The predicted octanol–water partition coefficient (Wildman–Crippen LogP) is 3.01. The van der Waals surface area contributed by atoms with Crippen molar-refractivity contribution in [1.29, 1.82) is 0 Å². The van der Waals surface area contributed by atoms with E-state index in [1.807, 2.05) is 60.7 Å². The molecule has 1 unspecified atom stereocenters. The van der Waals surface area contributed by atoms with E-state index in [2.05, 4.69) is 10.2 Å². The van der Waals surface area contributed by atoms with Gasteiger partial charge in [-0.05, 0) is 30.4 Å². The summed E-state index contributed by atoms with van der Waals surface area (Å²) in [4.78, 5) is 13.8. The molecule has 1 aliphatic carbocycles. The van der Waals surface area contributed by atoms with E-state index in [1.54, 1.807) is 0 Å². The second-order valence-corrected chi connectivity index (χ2v) is 8.21.